The third-order valence-electron chi connectivity index (χ3n) is 3.28. The highest BCUT2D eigenvalue weighted by Crippen LogP contribution is 2.23. The molecule has 0 fully saturated rings. The second kappa shape index (κ2) is 10.2. The van der Waals surface area contributed by atoms with E-state index in [4.69, 9.17) is 14.2 Å². The Bertz CT molecular complexity index is 419. The number of para-hydroxylation sites is 1. The molecule has 0 aromatic heterocycles. The minimum Gasteiger partial charge on any atom is -0.496 e. The molecule has 1 rings (SSSR count). The Kier molecular flexibility index (Phi) is 8.47. The van der Waals surface area contributed by atoms with Crippen LogP contribution in [-0.2, 0) is 20.7 Å². The van der Waals surface area contributed by atoms with E-state index in [1.807, 2.05) is 24.3 Å². The minimum atomic E-state index is -0.780. The van der Waals surface area contributed by atoms with E-state index in [-0.39, 0.29) is 0 Å². The summed E-state index contributed by atoms with van der Waals surface area (Å²) in [6, 6.07) is 7.53. The van der Waals surface area contributed by atoms with E-state index in [0.717, 1.165) is 17.7 Å². The maximum absolute atomic E-state index is 11.4. The van der Waals surface area contributed by atoms with Gasteiger partial charge in [-0.3, -0.25) is 4.79 Å². The van der Waals surface area contributed by atoms with Crippen molar-refractivity contribution in [2.75, 3.05) is 34.0 Å². The molecular weight excluding hydrogens is 272 g/mol. The zero-order valence-electron chi connectivity index (χ0n) is 12.7. The third kappa shape index (κ3) is 6.60. The van der Waals surface area contributed by atoms with E-state index in [2.05, 4.69) is 0 Å². The fourth-order valence-corrected chi connectivity index (χ4v) is 2.13. The van der Waals surface area contributed by atoms with Crippen molar-refractivity contribution in [3.63, 3.8) is 0 Å². The van der Waals surface area contributed by atoms with E-state index in [1.165, 1.54) is 0 Å². The lowest BCUT2D eigenvalue weighted by molar-refractivity contribution is -0.142. The van der Waals surface area contributed by atoms with Gasteiger partial charge in [-0.05, 0) is 30.9 Å². The summed E-state index contributed by atoms with van der Waals surface area (Å²) in [5, 5.41) is 9.34. The molecule has 5 heteroatoms. The molecule has 21 heavy (non-hydrogen) atoms. The van der Waals surface area contributed by atoms with Crippen LogP contribution in [-0.4, -0.2) is 45.1 Å². The number of aliphatic carboxylic acids is 1. The topological polar surface area (TPSA) is 65.0 Å². The van der Waals surface area contributed by atoms with Gasteiger partial charge in [-0.15, -0.1) is 0 Å². The lowest BCUT2D eigenvalue weighted by Gasteiger charge is -2.14. The number of hydrogen-bond acceptors (Lipinski definition) is 4. The predicted molar refractivity (Wildman–Crippen MR) is 79.8 cm³/mol. The molecule has 0 bridgehead atoms. The molecule has 0 saturated carbocycles. The molecule has 0 aliphatic rings. The molecular formula is C16H24O5. The predicted octanol–water partition coefficient (Wildman–Crippen LogP) is 2.38. The van der Waals surface area contributed by atoms with Gasteiger partial charge in [0.1, 0.15) is 5.75 Å². The molecule has 118 valence electrons. The van der Waals surface area contributed by atoms with Crippen LogP contribution in [0.2, 0.25) is 0 Å². The molecule has 5 nitrogen and oxygen atoms in total. The molecule has 1 unspecified atom stereocenters. The first kappa shape index (κ1) is 17.5. The average Bonchev–Trinajstić information content (AvgIpc) is 2.49. The molecule has 1 aromatic carbocycles. The molecule has 0 aliphatic carbocycles. The zero-order valence-corrected chi connectivity index (χ0v) is 12.7. The summed E-state index contributed by atoms with van der Waals surface area (Å²) >= 11 is 0. The second-order valence-electron chi connectivity index (χ2n) is 4.80. The standard InChI is InChI=1S/C16H24O5/c1-19-10-11-21-9-5-7-14(16(17)18)12-13-6-3-4-8-15(13)20-2/h3-4,6,8,14H,5,7,9-12H2,1-2H3,(H,17,18). The average molecular weight is 296 g/mol. The maximum atomic E-state index is 11.4. The van der Waals surface area contributed by atoms with Gasteiger partial charge < -0.3 is 19.3 Å². The molecule has 1 atom stereocenters. The van der Waals surface area contributed by atoms with Crippen LogP contribution < -0.4 is 4.74 Å². The van der Waals surface area contributed by atoms with E-state index >= 15 is 0 Å². The number of hydrogen-bond donors (Lipinski definition) is 1. The smallest absolute Gasteiger partial charge is 0.306 e. The summed E-state index contributed by atoms with van der Waals surface area (Å²) in [5.41, 5.74) is 0.924. The number of carboxylic acid groups (broad SMARTS) is 1. The van der Waals surface area contributed by atoms with Gasteiger partial charge in [-0.25, -0.2) is 0 Å². The molecule has 0 spiro atoms. The number of carboxylic acids is 1. The van der Waals surface area contributed by atoms with Crippen LogP contribution in [0, 0.1) is 5.92 Å². The van der Waals surface area contributed by atoms with Crippen LogP contribution in [0.4, 0.5) is 0 Å². The number of methoxy groups -OCH3 is 2. The number of rotatable bonds is 11. The molecule has 0 saturated heterocycles. The van der Waals surface area contributed by atoms with Gasteiger partial charge in [0, 0.05) is 13.7 Å². The van der Waals surface area contributed by atoms with Crippen molar-refractivity contribution in [3.05, 3.63) is 29.8 Å². The van der Waals surface area contributed by atoms with E-state index < -0.39 is 11.9 Å². The van der Waals surface area contributed by atoms with Gasteiger partial charge in [0.25, 0.3) is 0 Å². The SMILES string of the molecule is COCCOCCCC(Cc1ccccc1OC)C(=O)O. The highest BCUT2D eigenvalue weighted by molar-refractivity contribution is 5.70. The Labute approximate surface area is 125 Å². The van der Waals surface area contributed by atoms with Crippen LogP contribution in [0.25, 0.3) is 0 Å². The quantitative estimate of drug-likeness (QED) is 0.635. The number of ether oxygens (including phenoxy) is 3. The highest BCUT2D eigenvalue weighted by atomic mass is 16.5. The van der Waals surface area contributed by atoms with Crippen LogP contribution in [0.1, 0.15) is 18.4 Å². The van der Waals surface area contributed by atoms with Gasteiger partial charge in [0.05, 0.1) is 26.2 Å². The fourth-order valence-electron chi connectivity index (χ4n) is 2.13. The van der Waals surface area contributed by atoms with Crippen molar-refractivity contribution in [2.24, 2.45) is 5.92 Å². The molecule has 0 amide bonds. The second-order valence-corrected chi connectivity index (χ2v) is 4.80. The van der Waals surface area contributed by atoms with Gasteiger partial charge in [0.15, 0.2) is 0 Å². The minimum absolute atomic E-state index is 0.424. The molecule has 1 aromatic rings. The Balaban J connectivity index is 2.45. The largest absolute Gasteiger partial charge is 0.496 e. The number of carbonyl (C=O) groups is 1. The summed E-state index contributed by atoms with van der Waals surface area (Å²) in [6.07, 6.45) is 1.77. The lowest BCUT2D eigenvalue weighted by atomic mass is 9.94. The van der Waals surface area contributed by atoms with Gasteiger partial charge in [-0.1, -0.05) is 18.2 Å². The van der Waals surface area contributed by atoms with E-state index in [0.29, 0.717) is 32.7 Å². The van der Waals surface area contributed by atoms with Crippen molar-refractivity contribution in [2.45, 2.75) is 19.3 Å². The first-order valence-electron chi connectivity index (χ1n) is 7.10. The van der Waals surface area contributed by atoms with Crippen molar-refractivity contribution < 1.29 is 24.1 Å². The first-order valence-corrected chi connectivity index (χ1v) is 7.10. The van der Waals surface area contributed by atoms with Gasteiger partial charge >= 0.3 is 5.97 Å². The van der Waals surface area contributed by atoms with E-state index in [9.17, 15) is 9.90 Å². The first-order chi connectivity index (χ1) is 10.2. The van der Waals surface area contributed by atoms with Crippen LogP contribution >= 0.6 is 0 Å². The van der Waals surface area contributed by atoms with Gasteiger partial charge in [-0.2, -0.15) is 0 Å². The summed E-state index contributed by atoms with van der Waals surface area (Å²) < 4.78 is 15.5. The maximum Gasteiger partial charge on any atom is 0.306 e. The summed E-state index contributed by atoms with van der Waals surface area (Å²) in [6.45, 7) is 1.66. The van der Waals surface area contributed by atoms with Crippen molar-refractivity contribution >= 4 is 5.97 Å². The van der Waals surface area contributed by atoms with Crippen molar-refractivity contribution in [3.8, 4) is 5.75 Å². The zero-order chi connectivity index (χ0) is 15.5. The van der Waals surface area contributed by atoms with E-state index in [1.54, 1.807) is 14.2 Å². The Morgan fingerprint density at radius 3 is 2.62 bits per heavy atom. The highest BCUT2D eigenvalue weighted by Gasteiger charge is 2.19. The Morgan fingerprint density at radius 1 is 1.19 bits per heavy atom. The van der Waals surface area contributed by atoms with Crippen molar-refractivity contribution in [1.82, 2.24) is 0 Å². The summed E-state index contributed by atoms with van der Waals surface area (Å²) in [5.74, 6) is -0.467. The van der Waals surface area contributed by atoms with Crippen LogP contribution in [0.5, 0.6) is 5.75 Å². The summed E-state index contributed by atoms with van der Waals surface area (Å²) in [7, 11) is 3.22. The molecule has 0 heterocycles. The fraction of sp³-hybridized carbons (Fsp3) is 0.562. The van der Waals surface area contributed by atoms with Crippen LogP contribution in [0.3, 0.4) is 0 Å². The molecule has 1 N–H and O–H groups in total. The van der Waals surface area contributed by atoms with Crippen LogP contribution in [0.15, 0.2) is 24.3 Å². The third-order valence-corrected chi connectivity index (χ3v) is 3.28. The normalized spacial score (nSPS) is 12.1. The Hall–Kier alpha value is -1.59. The van der Waals surface area contributed by atoms with Crippen molar-refractivity contribution in [1.29, 1.82) is 0 Å². The molecule has 0 aliphatic heterocycles. The molecule has 0 radical (unpaired) electrons. The number of benzene rings is 1. The monoisotopic (exact) mass is 296 g/mol. The lowest BCUT2D eigenvalue weighted by Crippen LogP contribution is -2.18. The van der Waals surface area contributed by atoms with Gasteiger partial charge in [0.2, 0.25) is 0 Å². The summed E-state index contributed by atoms with van der Waals surface area (Å²) in [4.78, 5) is 11.4. The Morgan fingerprint density at radius 2 is 1.95 bits per heavy atom.